The third-order valence-electron chi connectivity index (χ3n) is 6.44. The average Bonchev–Trinajstić information content (AvgIpc) is 2.81. The smallest absolute Gasteiger partial charge is 0.259 e. The number of rotatable bonds is 6. The van der Waals surface area contributed by atoms with Crippen molar-refractivity contribution in [2.45, 2.75) is 58.5 Å². The standard InChI is InChI=1S/C27H31N3O2/c1-20-10-7-9-17-29(20)27(32)26-24(15-14-22-11-4-3-5-12-22)30(21(2)18-25(26)31)19-23-13-6-8-16-28-23/h3-6,8,11-13,16,18,20H,7,9-10,14-15,17,19H2,1-2H3/t20-/m0/s1. The minimum Gasteiger partial charge on any atom is -0.342 e. The van der Waals surface area contributed by atoms with Crippen molar-refractivity contribution in [3.05, 3.63) is 99.2 Å². The van der Waals surface area contributed by atoms with E-state index in [1.165, 1.54) is 5.56 Å². The van der Waals surface area contributed by atoms with Gasteiger partial charge in [-0.3, -0.25) is 14.6 Å². The Morgan fingerprint density at radius 1 is 1.06 bits per heavy atom. The van der Waals surface area contributed by atoms with Gasteiger partial charge in [-0.25, -0.2) is 0 Å². The van der Waals surface area contributed by atoms with Crippen LogP contribution in [0.1, 0.15) is 59.2 Å². The summed E-state index contributed by atoms with van der Waals surface area (Å²) < 4.78 is 2.11. The summed E-state index contributed by atoms with van der Waals surface area (Å²) >= 11 is 0. The third-order valence-corrected chi connectivity index (χ3v) is 6.44. The number of carbonyl (C=O) groups is 1. The normalized spacial score (nSPS) is 16.2. The van der Waals surface area contributed by atoms with Gasteiger partial charge in [0.15, 0.2) is 5.43 Å². The molecule has 1 saturated heterocycles. The van der Waals surface area contributed by atoms with Crippen molar-refractivity contribution in [3.63, 3.8) is 0 Å². The van der Waals surface area contributed by atoms with Gasteiger partial charge in [0.2, 0.25) is 0 Å². The van der Waals surface area contributed by atoms with Gasteiger partial charge in [-0.2, -0.15) is 0 Å². The topological polar surface area (TPSA) is 55.2 Å². The Labute approximate surface area is 189 Å². The fraction of sp³-hybridized carbons (Fsp3) is 0.370. The van der Waals surface area contributed by atoms with Crippen molar-refractivity contribution < 1.29 is 4.79 Å². The van der Waals surface area contributed by atoms with Crippen LogP contribution in [0, 0.1) is 6.92 Å². The van der Waals surface area contributed by atoms with Crippen LogP contribution in [0.3, 0.4) is 0 Å². The second-order valence-electron chi connectivity index (χ2n) is 8.71. The van der Waals surface area contributed by atoms with Crippen molar-refractivity contribution in [2.24, 2.45) is 0 Å². The van der Waals surface area contributed by atoms with Crippen LogP contribution in [-0.2, 0) is 19.4 Å². The Bertz CT molecular complexity index is 1120. The molecule has 0 radical (unpaired) electrons. The van der Waals surface area contributed by atoms with Crippen LogP contribution in [0.4, 0.5) is 0 Å². The molecule has 3 heterocycles. The molecule has 1 atom stereocenters. The summed E-state index contributed by atoms with van der Waals surface area (Å²) in [5.74, 6) is -0.125. The molecule has 1 aromatic carbocycles. The summed E-state index contributed by atoms with van der Waals surface area (Å²) in [5, 5.41) is 0. The minimum absolute atomic E-state index is 0.125. The first-order valence-corrected chi connectivity index (χ1v) is 11.5. The Balaban J connectivity index is 1.78. The Kier molecular flexibility index (Phi) is 6.84. The molecular formula is C27H31N3O2. The summed E-state index contributed by atoms with van der Waals surface area (Å²) in [6.45, 7) is 5.27. The van der Waals surface area contributed by atoms with E-state index in [1.807, 2.05) is 48.2 Å². The maximum atomic E-state index is 13.7. The molecule has 1 amide bonds. The van der Waals surface area contributed by atoms with E-state index in [1.54, 1.807) is 12.3 Å². The summed E-state index contributed by atoms with van der Waals surface area (Å²) in [6, 6.07) is 17.8. The Morgan fingerprint density at radius 2 is 1.84 bits per heavy atom. The van der Waals surface area contributed by atoms with Crippen LogP contribution in [0.5, 0.6) is 0 Å². The molecule has 0 bridgehead atoms. The van der Waals surface area contributed by atoms with Gasteiger partial charge in [0, 0.05) is 36.2 Å². The number of hydrogen-bond donors (Lipinski definition) is 0. The fourth-order valence-electron chi connectivity index (χ4n) is 4.64. The largest absolute Gasteiger partial charge is 0.342 e. The molecule has 0 unspecified atom stereocenters. The molecule has 5 heteroatoms. The summed E-state index contributed by atoms with van der Waals surface area (Å²) in [7, 11) is 0. The minimum atomic E-state index is -0.175. The maximum absolute atomic E-state index is 13.7. The predicted octanol–water partition coefficient (Wildman–Crippen LogP) is 4.40. The van der Waals surface area contributed by atoms with E-state index in [-0.39, 0.29) is 17.4 Å². The van der Waals surface area contributed by atoms with E-state index in [2.05, 4.69) is 28.6 Å². The first kappa shape index (κ1) is 22.0. The number of pyridine rings is 2. The number of amides is 1. The fourth-order valence-corrected chi connectivity index (χ4v) is 4.64. The van der Waals surface area contributed by atoms with E-state index < -0.39 is 0 Å². The van der Waals surface area contributed by atoms with E-state index >= 15 is 0 Å². The lowest BCUT2D eigenvalue weighted by atomic mass is 9.98. The zero-order valence-corrected chi connectivity index (χ0v) is 19.0. The second kappa shape index (κ2) is 9.94. The van der Waals surface area contributed by atoms with Crippen LogP contribution in [-0.4, -0.2) is 32.9 Å². The molecule has 0 N–H and O–H groups in total. The van der Waals surface area contributed by atoms with Gasteiger partial charge in [-0.1, -0.05) is 36.4 Å². The lowest BCUT2D eigenvalue weighted by molar-refractivity contribution is 0.0632. The molecule has 1 aliphatic rings. The number of nitrogens with zero attached hydrogens (tertiary/aromatic N) is 3. The molecule has 4 rings (SSSR count). The highest BCUT2D eigenvalue weighted by atomic mass is 16.2. The zero-order chi connectivity index (χ0) is 22.5. The van der Waals surface area contributed by atoms with E-state index in [4.69, 9.17) is 0 Å². The summed E-state index contributed by atoms with van der Waals surface area (Å²) in [4.78, 5) is 33.2. The van der Waals surface area contributed by atoms with Crippen LogP contribution in [0.2, 0.25) is 0 Å². The van der Waals surface area contributed by atoms with Crippen LogP contribution in [0.15, 0.2) is 65.6 Å². The van der Waals surface area contributed by atoms with Crippen LogP contribution < -0.4 is 5.43 Å². The molecule has 3 aromatic rings. The molecule has 0 spiro atoms. The van der Waals surface area contributed by atoms with E-state index in [9.17, 15) is 9.59 Å². The molecular weight excluding hydrogens is 398 g/mol. The van der Waals surface area contributed by atoms with Gasteiger partial charge >= 0.3 is 0 Å². The Morgan fingerprint density at radius 3 is 2.56 bits per heavy atom. The van der Waals surface area contributed by atoms with Gasteiger partial charge in [-0.05, 0) is 63.6 Å². The van der Waals surface area contributed by atoms with Crippen molar-refractivity contribution in [3.8, 4) is 0 Å². The van der Waals surface area contributed by atoms with Crippen LogP contribution in [0.25, 0.3) is 0 Å². The lowest BCUT2D eigenvalue weighted by Gasteiger charge is -2.34. The molecule has 166 valence electrons. The van der Waals surface area contributed by atoms with Gasteiger partial charge in [0.25, 0.3) is 5.91 Å². The lowest BCUT2D eigenvalue weighted by Crippen LogP contribution is -2.44. The molecule has 1 fully saturated rings. The first-order chi connectivity index (χ1) is 15.5. The zero-order valence-electron chi connectivity index (χ0n) is 19.0. The summed E-state index contributed by atoms with van der Waals surface area (Å²) in [6.07, 6.45) is 6.27. The molecule has 1 aliphatic heterocycles. The predicted molar refractivity (Wildman–Crippen MR) is 127 cm³/mol. The van der Waals surface area contributed by atoms with Crippen molar-refractivity contribution in [1.29, 1.82) is 0 Å². The molecule has 5 nitrogen and oxygen atoms in total. The highest BCUT2D eigenvalue weighted by Gasteiger charge is 2.29. The quantitative estimate of drug-likeness (QED) is 0.584. The Hall–Kier alpha value is -3.21. The number of aromatic nitrogens is 2. The molecule has 32 heavy (non-hydrogen) atoms. The number of hydrogen-bond acceptors (Lipinski definition) is 3. The first-order valence-electron chi connectivity index (χ1n) is 11.5. The number of benzene rings is 1. The van der Waals surface area contributed by atoms with E-state index in [0.29, 0.717) is 25.1 Å². The monoisotopic (exact) mass is 429 g/mol. The number of likely N-dealkylation sites (tertiary alicyclic amines) is 1. The SMILES string of the molecule is Cc1cc(=O)c(C(=O)N2CCCC[C@@H]2C)c(CCc2ccccc2)n1Cc1ccccn1. The molecule has 0 aliphatic carbocycles. The summed E-state index contributed by atoms with van der Waals surface area (Å²) in [5.41, 5.74) is 3.92. The maximum Gasteiger partial charge on any atom is 0.259 e. The number of piperidine rings is 1. The third kappa shape index (κ3) is 4.82. The van der Waals surface area contributed by atoms with Crippen LogP contribution >= 0.6 is 0 Å². The molecule has 2 aromatic heterocycles. The van der Waals surface area contributed by atoms with Gasteiger partial charge in [0.1, 0.15) is 5.56 Å². The van der Waals surface area contributed by atoms with Crippen molar-refractivity contribution in [2.75, 3.05) is 6.54 Å². The highest BCUT2D eigenvalue weighted by molar-refractivity contribution is 5.95. The molecule has 0 saturated carbocycles. The van der Waals surface area contributed by atoms with Gasteiger partial charge in [-0.15, -0.1) is 0 Å². The van der Waals surface area contributed by atoms with Gasteiger partial charge in [0.05, 0.1) is 12.2 Å². The van der Waals surface area contributed by atoms with Crippen molar-refractivity contribution >= 4 is 5.91 Å². The van der Waals surface area contributed by atoms with Crippen molar-refractivity contribution in [1.82, 2.24) is 14.5 Å². The van der Waals surface area contributed by atoms with E-state index in [0.717, 1.165) is 42.8 Å². The highest BCUT2D eigenvalue weighted by Crippen LogP contribution is 2.22. The average molecular weight is 430 g/mol. The number of aryl methyl sites for hydroxylation is 2. The number of carbonyl (C=O) groups excluding carboxylic acids is 1. The second-order valence-corrected chi connectivity index (χ2v) is 8.71. The van der Waals surface area contributed by atoms with Gasteiger partial charge < -0.3 is 9.47 Å².